The van der Waals surface area contributed by atoms with Crippen molar-refractivity contribution < 1.29 is 0 Å². The summed E-state index contributed by atoms with van der Waals surface area (Å²) in [4.78, 5) is 6.59. The van der Waals surface area contributed by atoms with Gasteiger partial charge >= 0.3 is 0 Å². The minimum Gasteiger partial charge on any atom is -0.377 e. The topological polar surface area (TPSA) is 16.1 Å². The average molecular weight is 302 g/mol. The van der Waals surface area contributed by atoms with Gasteiger partial charge in [-0.1, -0.05) is 43.3 Å². The molecule has 0 aliphatic rings. The summed E-state index contributed by atoms with van der Waals surface area (Å²) >= 11 is 0. The molecule has 2 heteroatoms. The van der Waals surface area contributed by atoms with Gasteiger partial charge in [0.2, 0.25) is 0 Å². The Morgan fingerprint density at radius 3 is 2.61 bits per heavy atom. The van der Waals surface area contributed by atoms with Gasteiger partial charge < -0.3 is 4.90 Å². The third-order valence-electron chi connectivity index (χ3n) is 4.10. The van der Waals surface area contributed by atoms with Gasteiger partial charge in [0.25, 0.3) is 0 Å². The van der Waals surface area contributed by atoms with E-state index in [1.54, 1.807) is 0 Å². The largest absolute Gasteiger partial charge is 0.377 e. The fourth-order valence-electron chi connectivity index (χ4n) is 2.88. The number of fused-ring (bicyclic) bond motifs is 1. The molecular formula is C21H22N2. The van der Waals surface area contributed by atoms with Crippen LogP contribution in [0.4, 0.5) is 5.69 Å². The quantitative estimate of drug-likeness (QED) is 0.671. The molecule has 0 N–H and O–H groups in total. The molecule has 0 bridgehead atoms. The molecular weight excluding hydrogens is 280 g/mol. The van der Waals surface area contributed by atoms with Crippen molar-refractivity contribution in [3.05, 3.63) is 71.4 Å². The van der Waals surface area contributed by atoms with E-state index in [2.05, 4.69) is 79.5 Å². The number of anilines is 1. The molecule has 3 aromatic rings. The van der Waals surface area contributed by atoms with Crippen LogP contribution < -0.4 is 4.90 Å². The van der Waals surface area contributed by atoms with Crippen LogP contribution in [-0.4, -0.2) is 19.1 Å². The van der Waals surface area contributed by atoms with Gasteiger partial charge in [-0.2, -0.15) is 0 Å². The molecule has 1 aromatic heterocycles. The maximum absolute atomic E-state index is 4.42. The van der Waals surface area contributed by atoms with E-state index in [0.29, 0.717) is 0 Å². The Kier molecular flexibility index (Phi) is 4.42. The van der Waals surface area contributed by atoms with Gasteiger partial charge in [-0.3, -0.25) is 4.98 Å². The highest BCUT2D eigenvalue weighted by atomic mass is 15.1. The van der Waals surface area contributed by atoms with E-state index in [4.69, 9.17) is 0 Å². The molecule has 2 nitrogen and oxygen atoms in total. The van der Waals surface area contributed by atoms with Gasteiger partial charge in [-0.25, -0.2) is 0 Å². The van der Waals surface area contributed by atoms with Crippen LogP contribution in [0.15, 0.2) is 54.7 Å². The standard InChI is InChI=1S/C21H22N2/c1-4-17-15-16(10-12-21(17)23(2)3)9-11-18-13-14-22-20-8-6-5-7-19(18)20/h5-15H,4H2,1-3H3/b11-9-. The summed E-state index contributed by atoms with van der Waals surface area (Å²) in [6.45, 7) is 2.20. The van der Waals surface area contributed by atoms with Crippen LogP contribution in [0.1, 0.15) is 23.6 Å². The third kappa shape index (κ3) is 3.26. The van der Waals surface area contributed by atoms with Crippen LogP contribution in [-0.2, 0) is 6.42 Å². The van der Waals surface area contributed by atoms with Crippen molar-refractivity contribution >= 4 is 28.7 Å². The molecule has 116 valence electrons. The molecule has 0 saturated heterocycles. The molecule has 0 saturated carbocycles. The molecule has 0 atom stereocenters. The molecule has 0 unspecified atom stereocenters. The minimum absolute atomic E-state index is 1.03. The molecule has 0 spiro atoms. The predicted molar refractivity (Wildman–Crippen MR) is 101 cm³/mol. The maximum atomic E-state index is 4.42. The molecule has 3 rings (SSSR count). The highest BCUT2D eigenvalue weighted by molar-refractivity contribution is 5.90. The van der Waals surface area contributed by atoms with E-state index in [1.165, 1.54) is 27.8 Å². The monoisotopic (exact) mass is 302 g/mol. The van der Waals surface area contributed by atoms with Gasteiger partial charge in [0.1, 0.15) is 0 Å². The first-order chi connectivity index (χ1) is 11.2. The zero-order chi connectivity index (χ0) is 16.2. The molecule has 0 radical (unpaired) electrons. The van der Waals surface area contributed by atoms with E-state index in [0.717, 1.165) is 11.9 Å². The van der Waals surface area contributed by atoms with Crippen LogP contribution in [0.25, 0.3) is 23.1 Å². The molecule has 0 aliphatic carbocycles. The van der Waals surface area contributed by atoms with Crippen molar-refractivity contribution in [2.24, 2.45) is 0 Å². The Morgan fingerprint density at radius 2 is 1.83 bits per heavy atom. The Balaban J connectivity index is 1.96. The summed E-state index contributed by atoms with van der Waals surface area (Å²) in [6, 6.07) is 17.0. The van der Waals surface area contributed by atoms with E-state index >= 15 is 0 Å². The lowest BCUT2D eigenvalue weighted by molar-refractivity contribution is 1.06. The van der Waals surface area contributed by atoms with Crippen molar-refractivity contribution in [1.82, 2.24) is 4.98 Å². The number of aryl methyl sites for hydroxylation is 1. The summed E-state index contributed by atoms with van der Waals surface area (Å²) in [6.07, 6.45) is 7.26. The number of hydrogen-bond donors (Lipinski definition) is 0. The first-order valence-corrected chi connectivity index (χ1v) is 8.01. The lowest BCUT2D eigenvalue weighted by Gasteiger charge is -2.17. The first-order valence-electron chi connectivity index (χ1n) is 8.01. The van der Waals surface area contributed by atoms with E-state index in [-0.39, 0.29) is 0 Å². The smallest absolute Gasteiger partial charge is 0.0707 e. The summed E-state index contributed by atoms with van der Waals surface area (Å²) in [7, 11) is 4.18. The second-order valence-corrected chi connectivity index (χ2v) is 5.89. The highest BCUT2D eigenvalue weighted by Gasteiger charge is 2.03. The van der Waals surface area contributed by atoms with E-state index in [9.17, 15) is 0 Å². The number of nitrogens with zero attached hydrogens (tertiary/aromatic N) is 2. The van der Waals surface area contributed by atoms with Gasteiger partial charge in [0, 0.05) is 31.4 Å². The average Bonchev–Trinajstić information content (AvgIpc) is 2.59. The van der Waals surface area contributed by atoms with Crippen molar-refractivity contribution in [3.63, 3.8) is 0 Å². The molecule has 0 amide bonds. The number of hydrogen-bond acceptors (Lipinski definition) is 2. The predicted octanol–water partition coefficient (Wildman–Crippen LogP) is 5.03. The Bertz CT molecular complexity index is 842. The van der Waals surface area contributed by atoms with Crippen LogP contribution in [0.2, 0.25) is 0 Å². The van der Waals surface area contributed by atoms with Crippen LogP contribution in [0.5, 0.6) is 0 Å². The fourth-order valence-corrected chi connectivity index (χ4v) is 2.88. The zero-order valence-electron chi connectivity index (χ0n) is 14.0. The van der Waals surface area contributed by atoms with Crippen LogP contribution >= 0.6 is 0 Å². The van der Waals surface area contributed by atoms with Crippen LogP contribution in [0, 0.1) is 0 Å². The van der Waals surface area contributed by atoms with Crippen molar-refractivity contribution in [3.8, 4) is 0 Å². The second-order valence-electron chi connectivity index (χ2n) is 5.89. The Morgan fingerprint density at radius 1 is 1.00 bits per heavy atom. The number of aromatic nitrogens is 1. The summed E-state index contributed by atoms with van der Waals surface area (Å²) in [5.41, 5.74) is 6.13. The van der Waals surface area contributed by atoms with Crippen LogP contribution in [0.3, 0.4) is 0 Å². The molecule has 2 aromatic carbocycles. The maximum Gasteiger partial charge on any atom is 0.0707 e. The van der Waals surface area contributed by atoms with Crippen molar-refractivity contribution in [2.45, 2.75) is 13.3 Å². The van der Waals surface area contributed by atoms with Gasteiger partial charge in [0.05, 0.1) is 5.52 Å². The number of benzene rings is 2. The lowest BCUT2D eigenvalue weighted by atomic mass is 10.0. The highest BCUT2D eigenvalue weighted by Crippen LogP contribution is 2.23. The summed E-state index contributed by atoms with van der Waals surface area (Å²) < 4.78 is 0. The van der Waals surface area contributed by atoms with Gasteiger partial charge in [0.15, 0.2) is 0 Å². The van der Waals surface area contributed by atoms with E-state index < -0.39 is 0 Å². The molecule has 1 heterocycles. The van der Waals surface area contributed by atoms with Gasteiger partial charge in [-0.15, -0.1) is 0 Å². The van der Waals surface area contributed by atoms with Crippen molar-refractivity contribution in [2.75, 3.05) is 19.0 Å². The number of para-hydroxylation sites is 1. The Hall–Kier alpha value is -2.61. The lowest BCUT2D eigenvalue weighted by Crippen LogP contribution is -2.11. The first kappa shape index (κ1) is 15.3. The van der Waals surface area contributed by atoms with Gasteiger partial charge in [-0.05, 0) is 47.4 Å². The minimum atomic E-state index is 1.03. The second kappa shape index (κ2) is 6.66. The normalized spacial score (nSPS) is 11.3. The summed E-state index contributed by atoms with van der Waals surface area (Å²) in [5, 5.41) is 1.19. The van der Waals surface area contributed by atoms with Crippen molar-refractivity contribution in [1.29, 1.82) is 0 Å². The molecule has 0 fully saturated rings. The zero-order valence-corrected chi connectivity index (χ0v) is 14.0. The molecule has 0 aliphatic heterocycles. The SMILES string of the molecule is CCc1cc(/C=C\c2ccnc3ccccc23)ccc1N(C)C. The summed E-state index contributed by atoms with van der Waals surface area (Å²) in [5.74, 6) is 0. The Labute approximate surface area is 138 Å². The number of rotatable bonds is 4. The third-order valence-corrected chi connectivity index (χ3v) is 4.10. The number of pyridine rings is 1. The fraction of sp³-hybridized carbons (Fsp3) is 0.190. The van der Waals surface area contributed by atoms with E-state index in [1.807, 2.05) is 18.3 Å². The molecule has 23 heavy (non-hydrogen) atoms.